The second-order valence-corrected chi connectivity index (χ2v) is 4.74. The van der Waals surface area contributed by atoms with Gasteiger partial charge in [0.1, 0.15) is 0 Å². The molecule has 1 aromatic carbocycles. The molecule has 0 aliphatic rings. The standard InChI is InChI=1S/C13H16INO/c1-3-4-5-8-15-13(16)11-7-6-10(2)12(14)9-11/h3-4,6-7,9H,5,8H2,1-2H3,(H,15,16)/b4-3+. The van der Waals surface area contributed by atoms with E-state index in [4.69, 9.17) is 0 Å². The lowest BCUT2D eigenvalue weighted by atomic mass is 10.1. The molecule has 1 amide bonds. The predicted octanol–water partition coefficient (Wildman–Crippen LogP) is 3.30. The highest BCUT2D eigenvalue weighted by Gasteiger charge is 2.05. The van der Waals surface area contributed by atoms with Crippen LogP contribution in [0.5, 0.6) is 0 Å². The van der Waals surface area contributed by atoms with Gasteiger partial charge >= 0.3 is 0 Å². The zero-order valence-electron chi connectivity index (χ0n) is 9.59. The van der Waals surface area contributed by atoms with Gasteiger partial charge in [0.25, 0.3) is 5.91 Å². The third kappa shape index (κ3) is 3.96. The fraction of sp³-hybridized carbons (Fsp3) is 0.308. The van der Waals surface area contributed by atoms with Crippen LogP contribution >= 0.6 is 22.6 Å². The van der Waals surface area contributed by atoms with Gasteiger partial charge in [-0.25, -0.2) is 0 Å². The van der Waals surface area contributed by atoms with Gasteiger partial charge in [0.15, 0.2) is 0 Å². The predicted molar refractivity (Wildman–Crippen MR) is 75.7 cm³/mol. The van der Waals surface area contributed by atoms with Crippen LogP contribution in [-0.4, -0.2) is 12.5 Å². The Balaban J connectivity index is 2.56. The SMILES string of the molecule is C/C=C/CCNC(=O)c1ccc(C)c(I)c1. The highest BCUT2D eigenvalue weighted by atomic mass is 127. The van der Waals surface area contributed by atoms with Gasteiger partial charge in [0.2, 0.25) is 0 Å². The molecule has 1 aromatic rings. The first-order valence-electron chi connectivity index (χ1n) is 5.30. The number of nitrogens with one attached hydrogen (secondary N) is 1. The van der Waals surface area contributed by atoms with E-state index in [0.717, 1.165) is 15.6 Å². The van der Waals surface area contributed by atoms with Crippen LogP contribution < -0.4 is 5.32 Å². The number of halogens is 1. The number of hydrogen-bond acceptors (Lipinski definition) is 1. The van der Waals surface area contributed by atoms with Crippen LogP contribution in [0.2, 0.25) is 0 Å². The van der Waals surface area contributed by atoms with E-state index in [1.165, 1.54) is 5.56 Å². The smallest absolute Gasteiger partial charge is 0.251 e. The van der Waals surface area contributed by atoms with Gasteiger partial charge in [-0.2, -0.15) is 0 Å². The molecule has 0 atom stereocenters. The minimum atomic E-state index is 0.00224. The minimum Gasteiger partial charge on any atom is -0.352 e. The van der Waals surface area contributed by atoms with Gasteiger partial charge in [0.05, 0.1) is 0 Å². The zero-order chi connectivity index (χ0) is 12.0. The number of carbonyl (C=O) groups excluding carboxylic acids is 1. The summed E-state index contributed by atoms with van der Waals surface area (Å²) in [4.78, 5) is 11.7. The van der Waals surface area contributed by atoms with Crippen molar-refractivity contribution in [1.29, 1.82) is 0 Å². The van der Waals surface area contributed by atoms with Crippen molar-refractivity contribution in [2.45, 2.75) is 20.3 Å². The average Bonchev–Trinajstić information content (AvgIpc) is 2.28. The van der Waals surface area contributed by atoms with Crippen molar-refractivity contribution in [2.75, 3.05) is 6.54 Å². The third-order valence-electron chi connectivity index (χ3n) is 2.27. The molecule has 0 unspecified atom stereocenters. The largest absolute Gasteiger partial charge is 0.352 e. The summed E-state index contributed by atoms with van der Waals surface area (Å²) in [6, 6.07) is 5.76. The lowest BCUT2D eigenvalue weighted by Crippen LogP contribution is -2.24. The molecule has 0 heterocycles. The summed E-state index contributed by atoms with van der Waals surface area (Å²) in [5.41, 5.74) is 1.93. The molecule has 2 nitrogen and oxygen atoms in total. The summed E-state index contributed by atoms with van der Waals surface area (Å²) in [5, 5.41) is 2.89. The topological polar surface area (TPSA) is 29.1 Å². The molecule has 86 valence electrons. The van der Waals surface area contributed by atoms with Crippen molar-refractivity contribution in [3.05, 3.63) is 45.0 Å². The van der Waals surface area contributed by atoms with Crippen molar-refractivity contribution in [1.82, 2.24) is 5.32 Å². The Bertz CT molecular complexity index is 399. The molecule has 1 N–H and O–H groups in total. The Hall–Kier alpha value is -0.840. The number of benzene rings is 1. The highest BCUT2D eigenvalue weighted by Crippen LogP contribution is 2.13. The maximum atomic E-state index is 11.7. The molecule has 0 saturated carbocycles. The molecule has 0 aliphatic heterocycles. The Labute approximate surface area is 110 Å². The zero-order valence-corrected chi connectivity index (χ0v) is 11.7. The van der Waals surface area contributed by atoms with Crippen LogP contribution in [0, 0.1) is 10.5 Å². The second kappa shape index (κ2) is 6.68. The molecule has 0 aliphatic carbocycles. The fourth-order valence-electron chi connectivity index (χ4n) is 1.27. The van der Waals surface area contributed by atoms with Gasteiger partial charge in [-0.3, -0.25) is 4.79 Å². The van der Waals surface area contributed by atoms with Crippen molar-refractivity contribution in [3.8, 4) is 0 Å². The van der Waals surface area contributed by atoms with Gasteiger partial charge < -0.3 is 5.32 Å². The second-order valence-electron chi connectivity index (χ2n) is 3.58. The highest BCUT2D eigenvalue weighted by molar-refractivity contribution is 14.1. The number of hydrogen-bond donors (Lipinski definition) is 1. The van der Waals surface area contributed by atoms with E-state index in [1.54, 1.807) is 0 Å². The normalized spacial score (nSPS) is 10.7. The monoisotopic (exact) mass is 329 g/mol. The van der Waals surface area contributed by atoms with Crippen molar-refractivity contribution in [2.24, 2.45) is 0 Å². The molecule has 16 heavy (non-hydrogen) atoms. The molecule has 3 heteroatoms. The lowest BCUT2D eigenvalue weighted by molar-refractivity contribution is 0.0954. The number of aryl methyl sites for hydroxylation is 1. The van der Waals surface area contributed by atoms with E-state index in [9.17, 15) is 4.79 Å². The maximum Gasteiger partial charge on any atom is 0.251 e. The van der Waals surface area contributed by atoms with Crippen LogP contribution in [0.25, 0.3) is 0 Å². The summed E-state index contributed by atoms with van der Waals surface area (Å²) in [7, 11) is 0. The van der Waals surface area contributed by atoms with E-state index >= 15 is 0 Å². The number of allylic oxidation sites excluding steroid dienone is 1. The van der Waals surface area contributed by atoms with Crippen molar-refractivity contribution >= 4 is 28.5 Å². The van der Waals surface area contributed by atoms with Gasteiger partial charge in [-0.1, -0.05) is 18.2 Å². The van der Waals surface area contributed by atoms with Gasteiger partial charge in [-0.15, -0.1) is 0 Å². The Kier molecular flexibility index (Phi) is 5.52. The summed E-state index contributed by atoms with van der Waals surface area (Å²) < 4.78 is 1.12. The number of amides is 1. The van der Waals surface area contributed by atoms with E-state index < -0.39 is 0 Å². The van der Waals surface area contributed by atoms with Crippen LogP contribution in [0.3, 0.4) is 0 Å². The summed E-state index contributed by atoms with van der Waals surface area (Å²) in [5.74, 6) is 0.00224. The first kappa shape index (κ1) is 13.2. The molecule has 0 radical (unpaired) electrons. The van der Waals surface area contributed by atoms with Crippen LogP contribution in [0.15, 0.2) is 30.4 Å². The fourth-order valence-corrected chi connectivity index (χ4v) is 1.79. The minimum absolute atomic E-state index is 0.00224. The van der Waals surface area contributed by atoms with Crippen LogP contribution in [0.1, 0.15) is 29.3 Å². The third-order valence-corrected chi connectivity index (χ3v) is 3.43. The first-order chi connectivity index (χ1) is 7.65. The lowest BCUT2D eigenvalue weighted by Gasteiger charge is -2.05. The molecular weight excluding hydrogens is 313 g/mol. The van der Waals surface area contributed by atoms with Gasteiger partial charge in [-0.05, 0) is 60.6 Å². The number of carbonyl (C=O) groups is 1. The average molecular weight is 329 g/mol. The van der Waals surface area contributed by atoms with E-state index in [1.807, 2.05) is 44.2 Å². The van der Waals surface area contributed by atoms with E-state index in [2.05, 4.69) is 27.9 Å². The van der Waals surface area contributed by atoms with Crippen molar-refractivity contribution < 1.29 is 4.79 Å². The van der Waals surface area contributed by atoms with Crippen molar-refractivity contribution in [3.63, 3.8) is 0 Å². The molecule has 0 fully saturated rings. The van der Waals surface area contributed by atoms with E-state index in [0.29, 0.717) is 6.54 Å². The van der Waals surface area contributed by atoms with E-state index in [-0.39, 0.29) is 5.91 Å². The van der Waals surface area contributed by atoms with Crippen LogP contribution in [0.4, 0.5) is 0 Å². The summed E-state index contributed by atoms with van der Waals surface area (Å²) in [6.45, 7) is 4.70. The van der Waals surface area contributed by atoms with Gasteiger partial charge in [0, 0.05) is 15.7 Å². The Morgan fingerprint density at radius 3 is 2.88 bits per heavy atom. The Morgan fingerprint density at radius 1 is 1.50 bits per heavy atom. The molecule has 0 spiro atoms. The summed E-state index contributed by atoms with van der Waals surface area (Å²) in [6.07, 6.45) is 4.91. The molecular formula is C13H16INO. The molecule has 0 aromatic heterocycles. The number of rotatable bonds is 4. The van der Waals surface area contributed by atoms with Crippen LogP contribution in [-0.2, 0) is 0 Å². The molecule has 1 rings (SSSR count). The first-order valence-corrected chi connectivity index (χ1v) is 6.38. The molecule has 0 bridgehead atoms. The maximum absolute atomic E-state index is 11.7. The molecule has 0 saturated heterocycles. The summed E-state index contributed by atoms with van der Waals surface area (Å²) >= 11 is 2.24. The quantitative estimate of drug-likeness (QED) is 0.513. The Morgan fingerprint density at radius 2 is 2.25 bits per heavy atom.